The number of likely N-dealkylation sites (tertiary alicyclic amines) is 1. The maximum Gasteiger partial charge on any atom is 0.0548 e. The van der Waals surface area contributed by atoms with Crippen molar-refractivity contribution in [3.8, 4) is 0 Å². The Morgan fingerprint density at radius 3 is 2.46 bits per heavy atom. The summed E-state index contributed by atoms with van der Waals surface area (Å²) in [4.78, 5) is 2.68. The molecule has 0 unspecified atom stereocenters. The molecule has 0 radical (unpaired) electrons. The topological polar surface area (TPSA) is 13.1 Å². The third kappa shape index (κ3) is 2.55. The minimum absolute atomic E-state index is 0.416. The fourth-order valence-corrected chi connectivity index (χ4v) is 4.59. The average Bonchev–Trinajstić information content (AvgIpc) is 3.40. The molecule has 2 aromatic heterocycles. The largest absolute Gasteiger partial charge is 0.350 e. The van der Waals surface area contributed by atoms with Crippen LogP contribution in [0, 0.1) is 0 Å². The van der Waals surface area contributed by atoms with Gasteiger partial charge in [-0.05, 0) is 55.1 Å². The second-order valence-corrected chi connectivity index (χ2v) is 7.50. The lowest BCUT2D eigenvalue weighted by Crippen LogP contribution is -2.29. The highest BCUT2D eigenvalue weighted by atomic mass is 15.2. The molecule has 3 nitrogen and oxygen atoms in total. The highest BCUT2D eigenvalue weighted by molar-refractivity contribution is 5.84. The van der Waals surface area contributed by atoms with Crippen LogP contribution in [0.25, 0.3) is 21.8 Å². The molecule has 1 aliphatic heterocycles. The van der Waals surface area contributed by atoms with Gasteiger partial charge < -0.3 is 9.13 Å². The number of benzene rings is 2. The number of aromatic nitrogens is 2. The molecule has 0 spiro atoms. The van der Waals surface area contributed by atoms with E-state index in [0.717, 1.165) is 6.54 Å². The Labute approximate surface area is 154 Å². The lowest BCUT2D eigenvalue weighted by molar-refractivity contribution is 0.225. The van der Waals surface area contributed by atoms with E-state index in [2.05, 4.69) is 88.1 Å². The predicted octanol–water partition coefficient (Wildman–Crippen LogP) is 4.97. The van der Waals surface area contributed by atoms with Gasteiger partial charge in [0.2, 0.25) is 0 Å². The van der Waals surface area contributed by atoms with E-state index in [9.17, 15) is 0 Å². The lowest BCUT2D eigenvalue weighted by Gasteiger charge is -2.28. The van der Waals surface area contributed by atoms with Crippen molar-refractivity contribution in [1.29, 1.82) is 0 Å². The van der Waals surface area contributed by atoms with Crippen LogP contribution < -0.4 is 0 Å². The van der Waals surface area contributed by atoms with Crippen molar-refractivity contribution < 1.29 is 0 Å². The van der Waals surface area contributed by atoms with Crippen LogP contribution in [0.3, 0.4) is 0 Å². The fraction of sp³-hybridized carbons (Fsp3) is 0.304. The van der Waals surface area contributed by atoms with Gasteiger partial charge in [0.05, 0.1) is 6.04 Å². The summed E-state index contributed by atoms with van der Waals surface area (Å²) >= 11 is 0. The standard InChI is InChI=1S/C23H25N3/c1-24-16-20(19-9-3-5-11-22(19)24)23(25-13-6-7-14-25)17-26-15-12-18-8-2-4-10-21(18)26/h2-5,8-12,15-16,23H,6-7,13-14,17H2,1H3/t23-/m1/s1. The summed E-state index contributed by atoms with van der Waals surface area (Å²) in [5.74, 6) is 0. The number of rotatable bonds is 4. The SMILES string of the molecule is Cn1cc([C@@H](Cn2ccc3ccccc32)N2CCCC2)c2ccccc21. The third-order valence-electron chi connectivity index (χ3n) is 5.92. The molecular weight excluding hydrogens is 318 g/mol. The Bertz CT molecular complexity index is 1050. The van der Waals surface area contributed by atoms with E-state index in [1.807, 2.05) is 0 Å². The minimum Gasteiger partial charge on any atom is -0.350 e. The Kier molecular flexibility index (Phi) is 3.83. The van der Waals surface area contributed by atoms with Gasteiger partial charge in [-0.1, -0.05) is 36.4 Å². The molecule has 1 atom stereocenters. The number of aryl methyl sites for hydroxylation is 1. The molecule has 132 valence electrons. The van der Waals surface area contributed by atoms with E-state index in [0.29, 0.717) is 6.04 Å². The summed E-state index contributed by atoms with van der Waals surface area (Å²) in [6, 6.07) is 20.2. The molecule has 0 N–H and O–H groups in total. The summed E-state index contributed by atoms with van der Waals surface area (Å²) < 4.78 is 4.71. The Hall–Kier alpha value is -2.52. The van der Waals surface area contributed by atoms with Crippen molar-refractivity contribution in [2.45, 2.75) is 25.4 Å². The molecule has 26 heavy (non-hydrogen) atoms. The maximum absolute atomic E-state index is 2.68. The normalized spacial score (nSPS) is 16.7. The third-order valence-corrected chi connectivity index (χ3v) is 5.92. The Balaban J connectivity index is 1.61. The summed E-state index contributed by atoms with van der Waals surface area (Å²) in [6.07, 6.45) is 7.22. The van der Waals surface area contributed by atoms with Gasteiger partial charge in [0.1, 0.15) is 0 Å². The molecule has 0 amide bonds. The van der Waals surface area contributed by atoms with Gasteiger partial charge in [-0.3, -0.25) is 4.90 Å². The smallest absolute Gasteiger partial charge is 0.0548 e. The van der Waals surface area contributed by atoms with Crippen LogP contribution in [-0.4, -0.2) is 27.1 Å². The zero-order valence-electron chi connectivity index (χ0n) is 15.3. The van der Waals surface area contributed by atoms with E-state index in [1.54, 1.807) is 0 Å². The van der Waals surface area contributed by atoms with Gasteiger partial charge in [0.25, 0.3) is 0 Å². The molecule has 0 aliphatic carbocycles. The molecule has 0 saturated carbocycles. The first kappa shape index (κ1) is 15.7. The van der Waals surface area contributed by atoms with Crippen LogP contribution in [0.4, 0.5) is 0 Å². The van der Waals surface area contributed by atoms with Gasteiger partial charge in [-0.15, -0.1) is 0 Å². The van der Waals surface area contributed by atoms with Crippen molar-refractivity contribution in [3.05, 3.63) is 72.6 Å². The molecule has 1 fully saturated rings. The first-order chi connectivity index (χ1) is 12.8. The molecule has 4 aromatic rings. The summed E-state index contributed by atoms with van der Waals surface area (Å²) in [6.45, 7) is 3.40. The molecule has 0 bridgehead atoms. The van der Waals surface area contributed by atoms with E-state index in [-0.39, 0.29) is 0 Å². The molecular formula is C23H25N3. The minimum atomic E-state index is 0.416. The van der Waals surface area contributed by atoms with Crippen molar-refractivity contribution in [3.63, 3.8) is 0 Å². The van der Waals surface area contributed by atoms with Crippen LogP contribution >= 0.6 is 0 Å². The number of hydrogen-bond donors (Lipinski definition) is 0. The number of nitrogens with zero attached hydrogens (tertiary/aromatic N) is 3. The molecule has 2 aromatic carbocycles. The fourth-order valence-electron chi connectivity index (χ4n) is 4.59. The molecule has 3 heterocycles. The molecule has 5 rings (SSSR count). The molecule has 1 saturated heterocycles. The average molecular weight is 343 g/mol. The van der Waals surface area contributed by atoms with Crippen molar-refractivity contribution in [2.75, 3.05) is 13.1 Å². The quantitative estimate of drug-likeness (QED) is 0.510. The first-order valence-electron chi connectivity index (χ1n) is 9.63. The zero-order valence-corrected chi connectivity index (χ0v) is 15.3. The second kappa shape index (κ2) is 6.33. The first-order valence-corrected chi connectivity index (χ1v) is 9.63. The molecule has 3 heteroatoms. The summed E-state index contributed by atoms with van der Waals surface area (Å²) in [7, 11) is 2.16. The summed E-state index contributed by atoms with van der Waals surface area (Å²) in [5, 5.41) is 2.72. The van der Waals surface area contributed by atoms with Crippen LogP contribution in [0.2, 0.25) is 0 Å². The van der Waals surface area contributed by atoms with E-state index in [4.69, 9.17) is 0 Å². The van der Waals surface area contributed by atoms with Crippen molar-refractivity contribution in [2.24, 2.45) is 7.05 Å². The predicted molar refractivity (Wildman–Crippen MR) is 108 cm³/mol. The number of fused-ring (bicyclic) bond motifs is 2. The Morgan fingerprint density at radius 2 is 1.62 bits per heavy atom. The van der Waals surface area contributed by atoms with E-state index < -0.39 is 0 Å². The number of para-hydroxylation sites is 2. The van der Waals surface area contributed by atoms with Gasteiger partial charge in [-0.25, -0.2) is 0 Å². The van der Waals surface area contributed by atoms with E-state index in [1.165, 1.54) is 53.3 Å². The zero-order chi connectivity index (χ0) is 17.5. The lowest BCUT2D eigenvalue weighted by atomic mass is 10.0. The van der Waals surface area contributed by atoms with Gasteiger partial charge in [0, 0.05) is 42.4 Å². The van der Waals surface area contributed by atoms with Crippen molar-refractivity contribution in [1.82, 2.24) is 14.0 Å². The van der Waals surface area contributed by atoms with Gasteiger partial charge >= 0.3 is 0 Å². The number of hydrogen-bond acceptors (Lipinski definition) is 1. The van der Waals surface area contributed by atoms with Gasteiger partial charge in [0.15, 0.2) is 0 Å². The van der Waals surface area contributed by atoms with E-state index >= 15 is 0 Å². The summed E-state index contributed by atoms with van der Waals surface area (Å²) in [5.41, 5.74) is 4.11. The highest BCUT2D eigenvalue weighted by Gasteiger charge is 2.26. The van der Waals surface area contributed by atoms with Crippen LogP contribution in [0.15, 0.2) is 67.0 Å². The Morgan fingerprint density at radius 1 is 0.885 bits per heavy atom. The van der Waals surface area contributed by atoms with Crippen LogP contribution in [0.5, 0.6) is 0 Å². The molecule has 1 aliphatic rings. The van der Waals surface area contributed by atoms with Gasteiger partial charge in [-0.2, -0.15) is 0 Å². The maximum atomic E-state index is 2.68. The van der Waals surface area contributed by atoms with Crippen LogP contribution in [-0.2, 0) is 13.6 Å². The monoisotopic (exact) mass is 343 g/mol. The highest BCUT2D eigenvalue weighted by Crippen LogP contribution is 2.34. The second-order valence-electron chi connectivity index (χ2n) is 7.50. The van der Waals surface area contributed by atoms with Crippen molar-refractivity contribution >= 4 is 21.8 Å². The van der Waals surface area contributed by atoms with Crippen LogP contribution in [0.1, 0.15) is 24.4 Å².